The van der Waals surface area contributed by atoms with Crippen molar-refractivity contribution in [3.63, 3.8) is 0 Å². The number of carbonyl (C=O) groups excluding carboxylic acids is 1. The van der Waals surface area contributed by atoms with Crippen molar-refractivity contribution >= 4 is 11.7 Å². The highest BCUT2D eigenvalue weighted by Crippen LogP contribution is 2.21. The lowest BCUT2D eigenvalue weighted by molar-refractivity contribution is -0.119. The Bertz CT molecular complexity index is 364. The van der Waals surface area contributed by atoms with Crippen LogP contribution in [-0.2, 0) is 10.2 Å². The minimum atomic E-state index is -0.199. The molecule has 1 aromatic rings. The fourth-order valence-electron chi connectivity index (χ4n) is 1.13. The predicted molar refractivity (Wildman–Crippen MR) is 64.1 cm³/mol. The first-order valence-electron chi connectivity index (χ1n) is 5.41. The van der Waals surface area contributed by atoms with Crippen LogP contribution in [0.1, 0.15) is 33.4 Å². The number of hydrogen-bond acceptors (Lipinski definition) is 3. The van der Waals surface area contributed by atoms with Crippen LogP contribution in [0.2, 0.25) is 0 Å². The molecule has 0 aliphatic carbocycles. The highest BCUT2D eigenvalue weighted by molar-refractivity contribution is 5.91. The van der Waals surface area contributed by atoms with Crippen molar-refractivity contribution < 1.29 is 4.79 Å². The van der Waals surface area contributed by atoms with Crippen LogP contribution in [0.3, 0.4) is 0 Å². The Hall–Kier alpha value is -1.36. The van der Waals surface area contributed by atoms with Gasteiger partial charge in [0, 0.05) is 29.6 Å². The lowest BCUT2D eigenvalue weighted by Crippen LogP contribution is -2.26. The summed E-state index contributed by atoms with van der Waals surface area (Å²) in [6, 6.07) is 1.85. The second-order valence-corrected chi connectivity index (χ2v) is 5.04. The SMILES string of the molecule is CC(CN)C(=O)Nc1cc(C(C)(C)C)[nH]n1. The normalized spacial score (nSPS) is 13.6. The van der Waals surface area contributed by atoms with E-state index >= 15 is 0 Å². The van der Waals surface area contributed by atoms with Crippen LogP contribution in [-0.4, -0.2) is 22.6 Å². The summed E-state index contributed by atoms with van der Waals surface area (Å²) < 4.78 is 0. The number of nitrogens with one attached hydrogen (secondary N) is 2. The van der Waals surface area contributed by atoms with Gasteiger partial charge in [-0.15, -0.1) is 0 Å². The smallest absolute Gasteiger partial charge is 0.229 e. The van der Waals surface area contributed by atoms with Crippen LogP contribution < -0.4 is 11.1 Å². The molecule has 1 atom stereocenters. The summed E-state index contributed by atoms with van der Waals surface area (Å²) in [5, 5.41) is 9.68. The molecule has 0 spiro atoms. The third-order valence-corrected chi connectivity index (χ3v) is 2.44. The molecule has 16 heavy (non-hydrogen) atoms. The number of H-pyrrole nitrogens is 1. The Labute approximate surface area is 95.8 Å². The molecule has 5 nitrogen and oxygen atoms in total. The lowest BCUT2D eigenvalue weighted by Gasteiger charge is -2.14. The number of hydrogen-bond donors (Lipinski definition) is 3. The average Bonchev–Trinajstić information content (AvgIpc) is 2.64. The van der Waals surface area contributed by atoms with Gasteiger partial charge in [-0.3, -0.25) is 9.89 Å². The molecule has 0 saturated carbocycles. The van der Waals surface area contributed by atoms with E-state index in [1.807, 2.05) is 6.07 Å². The molecule has 5 heteroatoms. The first kappa shape index (κ1) is 12.7. The second kappa shape index (κ2) is 4.65. The minimum Gasteiger partial charge on any atom is -0.330 e. The van der Waals surface area contributed by atoms with Gasteiger partial charge in [0.05, 0.1) is 0 Å². The van der Waals surface area contributed by atoms with Crippen molar-refractivity contribution in [3.05, 3.63) is 11.8 Å². The lowest BCUT2D eigenvalue weighted by atomic mass is 9.92. The van der Waals surface area contributed by atoms with Gasteiger partial charge in [0.1, 0.15) is 0 Å². The second-order valence-electron chi connectivity index (χ2n) is 5.04. The van der Waals surface area contributed by atoms with Crippen molar-refractivity contribution in [1.82, 2.24) is 10.2 Å². The summed E-state index contributed by atoms with van der Waals surface area (Å²) in [4.78, 5) is 11.6. The summed E-state index contributed by atoms with van der Waals surface area (Å²) in [6.07, 6.45) is 0. The van der Waals surface area contributed by atoms with Crippen molar-refractivity contribution in [2.45, 2.75) is 33.1 Å². The number of amides is 1. The number of nitrogens with two attached hydrogens (primary N) is 1. The number of anilines is 1. The highest BCUT2D eigenvalue weighted by Gasteiger charge is 2.18. The van der Waals surface area contributed by atoms with E-state index < -0.39 is 0 Å². The molecular weight excluding hydrogens is 204 g/mol. The van der Waals surface area contributed by atoms with Gasteiger partial charge in [-0.1, -0.05) is 27.7 Å². The van der Waals surface area contributed by atoms with Gasteiger partial charge < -0.3 is 11.1 Å². The molecule has 0 bridgehead atoms. The number of carbonyl (C=O) groups is 1. The van der Waals surface area contributed by atoms with Gasteiger partial charge in [-0.25, -0.2) is 0 Å². The largest absolute Gasteiger partial charge is 0.330 e. The first-order chi connectivity index (χ1) is 7.34. The maximum Gasteiger partial charge on any atom is 0.229 e. The summed E-state index contributed by atoms with van der Waals surface area (Å²) >= 11 is 0. The predicted octanol–water partition coefficient (Wildman–Crippen LogP) is 1.24. The molecule has 1 rings (SSSR count). The molecule has 90 valence electrons. The number of aromatic nitrogens is 2. The molecule has 4 N–H and O–H groups in total. The molecule has 0 fully saturated rings. The molecule has 1 amide bonds. The molecule has 0 radical (unpaired) electrons. The first-order valence-corrected chi connectivity index (χ1v) is 5.41. The van der Waals surface area contributed by atoms with E-state index in [2.05, 4.69) is 36.3 Å². The standard InChI is InChI=1S/C11H20N4O/c1-7(6-12)10(16)13-9-5-8(14-15-9)11(2,3)4/h5,7H,6,12H2,1-4H3,(H2,13,14,15,16). The fraction of sp³-hybridized carbons (Fsp3) is 0.636. The quantitative estimate of drug-likeness (QED) is 0.722. The van der Waals surface area contributed by atoms with Crippen LogP contribution in [0.15, 0.2) is 6.07 Å². The van der Waals surface area contributed by atoms with Crippen molar-refractivity contribution in [2.75, 3.05) is 11.9 Å². The zero-order valence-electron chi connectivity index (χ0n) is 10.3. The number of aromatic amines is 1. The van der Waals surface area contributed by atoms with Crippen LogP contribution in [0.25, 0.3) is 0 Å². The van der Waals surface area contributed by atoms with Crippen molar-refractivity contribution in [2.24, 2.45) is 11.7 Å². The third kappa shape index (κ3) is 3.06. The van der Waals surface area contributed by atoms with Crippen molar-refractivity contribution in [3.8, 4) is 0 Å². The zero-order valence-corrected chi connectivity index (χ0v) is 10.3. The summed E-state index contributed by atoms with van der Waals surface area (Å²) in [5.41, 5.74) is 6.40. The van der Waals surface area contributed by atoms with E-state index in [0.717, 1.165) is 5.69 Å². The molecule has 1 heterocycles. The van der Waals surface area contributed by atoms with Crippen molar-refractivity contribution in [1.29, 1.82) is 0 Å². The Morgan fingerprint density at radius 1 is 1.62 bits per heavy atom. The van der Waals surface area contributed by atoms with E-state index in [4.69, 9.17) is 5.73 Å². The van der Waals surface area contributed by atoms with Crippen LogP contribution in [0.4, 0.5) is 5.82 Å². The fourth-order valence-corrected chi connectivity index (χ4v) is 1.13. The number of rotatable bonds is 3. The van der Waals surface area contributed by atoms with Gasteiger partial charge >= 0.3 is 0 Å². The monoisotopic (exact) mass is 224 g/mol. The van der Waals surface area contributed by atoms with Gasteiger partial charge in [0.15, 0.2) is 5.82 Å². The maximum atomic E-state index is 11.6. The summed E-state index contributed by atoms with van der Waals surface area (Å²) in [5.74, 6) is 0.250. The molecule has 0 aliphatic rings. The Morgan fingerprint density at radius 3 is 2.69 bits per heavy atom. The molecule has 1 unspecified atom stereocenters. The van der Waals surface area contributed by atoms with E-state index in [1.54, 1.807) is 6.92 Å². The molecule has 0 aliphatic heterocycles. The average molecular weight is 224 g/mol. The number of nitrogens with zero attached hydrogens (tertiary/aromatic N) is 1. The van der Waals surface area contributed by atoms with Gasteiger partial charge in [0.2, 0.25) is 5.91 Å². The van der Waals surface area contributed by atoms with E-state index in [1.165, 1.54) is 0 Å². The van der Waals surface area contributed by atoms with E-state index in [9.17, 15) is 4.79 Å². The maximum absolute atomic E-state index is 11.6. The van der Waals surface area contributed by atoms with Crippen LogP contribution in [0.5, 0.6) is 0 Å². The van der Waals surface area contributed by atoms with Crippen LogP contribution >= 0.6 is 0 Å². The van der Waals surface area contributed by atoms with Crippen LogP contribution in [0, 0.1) is 5.92 Å². The summed E-state index contributed by atoms with van der Waals surface area (Å²) in [6.45, 7) is 8.35. The van der Waals surface area contributed by atoms with Gasteiger partial charge in [0.25, 0.3) is 0 Å². The van der Waals surface area contributed by atoms with Gasteiger partial charge in [-0.05, 0) is 0 Å². The third-order valence-electron chi connectivity index (χ3n) is 2.44. The zero-order chi connectivity index (χ0) is 12.3. The molecule has 0 aromatic carbocycles. The Balaban J connectivity index is 2.70. The Kier molecular flexibility index (Phi) is 3.70. The van der Waals surface area contributed by atoms with Gasteiger partial charge in [-0.2, -0.15) is 5.10 Å². The topological polar surface area (TPSA) is 83.8 Å². The molecular formula is C11H20N4O. The van der Waals surface area contributed by atoms with E-state index in [0.29, 0.717) is 12.4 Å². The summed E-state index contributed by atoms with van der Waals surface area (Å²) in [7, 11) is 0. The Morgan fingerprint density at radius 2 is 2.25 bits per heavy atom. The molecule has 1 aromatic heterocycles. The molecule has 0 saturated heterocycles. The highest BCUT2D eigenvalue weighted by atomic mass is 16.1. The minimum absolute atomic E-state index is 0.00450. The van der Waals surface area contributed by atoms with E-state index in [-0.39, 0.29) is 17.2 Å².